The van der Waals surface area contributed by atoms with Gasteiger partial charge in [0.1, 0.15) is 5.76 Å². The Kier molecular flexibility index (Phi) is 1.77. The van der Waals surface area contributed by atoms with Gasteiger partial charge in [-0.3, -0.25) is 0 Å². The van der Waals surface area contributed by atoms with Gasteiger partial charge in [-0.05, 0) is 37.9 Å². The Labute approximate surface area is 64.3 Å². The third kappa shape index (κ3) is 1.14. The average molecular weight is 239 g/mol. The van der Waals surface area contributed by atoms with Crippen LogP contribution >= 0.6 is 31.9 Å². The zero-order valence-corrected chi connectivity index (χ0v) is 7.12. The molecule has 0 N–H and O–H groups in total. The Morgan fingerprint density at radius 3 is 2.25 bits per heavy atom. The fourth-order valence-corrected chi connectivity index (χ4v) is 1.05. The van der Waals surface area contributed by atoms with Crippen molar-refractivity contribution < 1.29 is 4.42 Å². The Hall–Kier alpha value is 0.240. The minimum absolute atomic E-state index is 0.656. The molecule has 0 aromatic carbocycles. The van der Waals surface area contributed by atoms with Gasteiger partial charge in [0.2, 0.25) is 0 Å². The van der Waals surface area contributed by atoms with E-state index in [1.807, 2.05) is 0 Å². The summed E-state index contributed by atoms with van der Waals surface area (Å²) in [6.45, 7) is 3.58. The number of halogens is 2. The normalized spacial score (nSPS) is 9.88. The van der Waals surface area contributed by atoms with Gasteiger partial charge in [0, 0.05) is 6.92 Å². The van der Waals surface area contributed by atoms with E-state index < -0.39 is 0 Å². The summed E-state index contributed by atoms with van der Waals surface area (Å²) in [5, 5.41) is 0. The van der Waals surface area contributed by atoms with Crippen LogP contribution in [0.5, 0.6) is 0 Å². The maximum Gasteiger partial charge on any atom is 0.183 e. The number of rotatable bonds is 0. The molecule has 0 saturated carbocycles. The maximum absolute atomic E-state index is 4.97. The molecule has 1 radical (unpaired) electrons. The molecule has 0 unspecified atom stereocenters. The largest absolute Gasteiger partial charge is 0.453 e. The lowest BCUT2D eigenvalue weighted by Gasteiger charge is -1.76. The van der Waals surface area contributed by atoms with Crippen molar-refractivity contribution in [3.05, 3.63) is 27.9 Å². The van der Waals surface area contributed by atoms with Gasteiger partial charge in [-0.2, -0.15) is 0 Å². The van der Waals surface area contributed by atoms with Crippen LogP contribution in [0.4, 0.5) is 0 Å². The van der Waals surface area contributed by atoms with Gasteiger partial charge in [0.15, 0.2) is 4.67 Å². The van der Waals surface area contributed by atoms with Crippen molar-refractivity contribution in [3.8, 4) is 0 Å². The Bertz CT molecular complexity index is 173. The molecule has 1 rings (SSSR count). The maximum atomic E-state index is 4.97. The summed E-state index contributed by atoms with van der Waals surface area (Å²) in [5.41, 5.74) is 0. The van der Waals surface area contributed by atoms with Crippen LogP contribution in [0.25, 0.3) is 0 Å². The van der Waals surface area contributed by atoms with E-state index >= 15 is 0 Å². The van der Waals surface area contributed by atoms with Crippen molar-refractivity contribution in [3.63, 3.8) is 0 Å². The van der Waals surface area contributed by atoms with E-state index in [9.17, 15) is 0 Å². The highest BCUT2D eigenvalue weighted by Crippen LogP contribution is 2.25. The van der Waals surface area contributed by atoms with Gasteiger partial charge < -0.3 is 4.42 Å². The second-order valence-electron chi connectivity index (χ2n) is 1.33. The molecule has 0 atom stereocenters. The van der Waals surface area contributed by atoms with Gasteiger partial charge in [0.25, 0.3) is 0 Å². The lowest BCUT2D eigenvalue weighted by molar-refractivity contribution is 0.522. The first kappa shape index (κ1) is 6.36. The second-order valence-corrected chi connectivity index (χ2v) is 2.91. The summed E-state index contributed by atoms with van der Waals surface area (Å²) < 4.78 is 6.57. The van der Waals surface area contributed by atoms with Gasteiger partial charge in [-0.1, -0.05) is 0 Å². The van der Waals surface area contributed by atoms with E-state index in [1.54, 1.807) is 6.07 Å². The van der Waals surface area contributed by atoms with Crippen LogP contribution in [0.3, 0.4) is 0 Å². The topological polar surface area (TPSA) is 13.1 Å². The van der Waals surface area contributed by atoms with E-state index in [1.165, 1.54) is 0 Å². The van der Waals surface area contributed by atoms with Crippen LogP contribution < -0.4 is 0 Å². The van der Waals surface area contributed by atoms with E-state index in [2.05, 4.69) is 38.8 Å². The molecule has 0 saturated heterocycles. The molecule has 1 aromatic rings. The molecule has 1 heterocycles. The summed E-state index contributed by atoms with van der Waals surface area (Å²) >= 11 is 6.40. The quantitative estimate of drug-likeness (QED) is 0.678. The highest BCUT2D eigenvalue weighted by atomic mass is 79.9. The molecule has 43 valence electrons. The van der Waals surface area contributed by atoms with Crippen molar-refractivity contribution >= 4 is 31.9 Å². The van der Waals surface area contributed by atoms with Gasteiger partial charge >= 0.3 is 0 Å². The van der Waals surface area contributed by atoms with Crippen LogP contribution in [0.1, 0.15) is 5.76 Å². The standard InChI is InChI=1S/C5H3Br2O/c1-3-2-4(6)5(7)8-3/h2H,1H2. The van der Waals surface area contributed by atoms with Crippen LogP contribution in [-0.2, 0) is 0 Å². The molecule has 0 amide bonds. The van der Waals surface area contributed by atoms with E-state index in [4.69, 9.17) is 4.42 Å². The Morgan fingerprint density at radius 2 is 2.12 bits per heavy atom. The Morgan fingerprint density at radius 1 is 1.50 bits per heavy atom. The molecule has 1 aromatic heterocycles. The summed E-state index contributed by atoms with van der Waals surface area (Å²) in [5.74, 6) is 0.656. The molecule has 0 aliphatic heterocycles. The second kappa shape index (κ2) is 2.23. The van der Waals surface area contributed by atoms with E-state index in [0.29, 0.717) is 10.4 Å². The third-order valence-electron chi connectivity index (χ3n) is 0.696. The van der Waals surface area contributed by atoms with Gasteiger partial charge in [0.05, 0.1) is 4.47 Å². The number of furan rings is 1. The molecule has 0 fully saturated rings. The smallest absolute Gasteiger partial charge is 0.183 e. The van der Waals surface area contributed by atoms with Crippen LogP contribution in [0.2, 0.25) is 0 Å². The minimum atomic E-state index is 0.656. The third-order valence-corrected chi connectivity index (χ3v) is 2.41. The summed E-state index contributed by atoms with van der Waals surface area (Å²) in [6.07, 6.45) is 0. The molecule has 0 spiro atoms. The molecule has 8 heavy (non-hydrogen) atoms. The molecule has 3 heteroatoms. The molecule has 0 bridgehead atoms. The zero-order chi connectivity index (χ0) is 6.15. The number of hydrogen-bond donors (Lipinski definition) is 0. The first-order valence-electron chi connectivity index (χ1n) is 1.97. The van der Waals surface area contributed by atoms with Crippen LogP contribution in [0, 0.1) is 6.92 Å². The fraction of sp³-hybridized carbons (Fsp3) is 0. The Balaban J connectivity index is 3.14. The molecule has 1 nitrogen and oxygen atoms in total. The summed E-state index contributed by atoms with van der Waals surface area (Å²) in [4.78, 5) is 0. The minimum Gasteiger partial charge on any atom is -0.453 e. The lowest BCUT2D eigenvalue weighted by atomic mass is 10.5. The molecule has 0 aliphatic carbocycles. The number of hydrogen-bond acceptors (Lipinski definition) is 1. The lowest BCUT2D eigenvalue weighted by Crippen LogP contribution is -1.50. The molecular weight excluding hydrogens is 236 g/mol. The van der Waals surface area contributed by atoms with Crippen molar-refractivity contribution in [2.75, 3.05) is 0 Å². The van der Waals surface area contributed by atoms with Crippen molar-refractivity contribution in [2.24, 2.45) is 0 Å². The van der Waals surface area contributed by atoms with Crippen molar-refractivity contribution in [2.45, 2.75) is 0 Å². The first-order chi connectivity index (χ1) is 3.70. The van der Waals surface area contributed by atoms with E-state index in [0.717, 1.165) is 4.47 Å². The van der Waals surface area contributed by atoms with Crippen molar-refractivity contribution in [1.82, 2.24) is 0 Å². The fourth-order valence-electron chi connectivity index (χ4n) is 0.391. The summed E-state index contributed by atoms with van der Waals surface area (Å²) in [7, 11) is 0. The highest BCUT2D eigenvalue weighted by Gasteiger charge is 1.99. The van der Waals surface area contributed by atoms with Gasteiger partial charge in [-0.25, -0.2) is 0 Å². The summed E-state index contributed by atoms with van der Waals surface area (Å²) in [6, 6.07) is 1.80. The SMILES string of the molecule is [CH2]c1cc(Br)c(Br)o1. The predicted octanol–water partition coefficient (Wildman–Crippen LogP) is 2.99. The molecule has 0 aliphatic rings. The zero-order valence-electron chi connectivity index (χ0n) is 3.95. The predicted molar refractivity (Wildman–Crippen MR) is 38.6 cm³/mol. The molecular formula is C5H3Br2O. The van der Waals surface area contributed by atoms with Crippen LogP contribution in [0.15, 0.2) is 19.6 Å². The monoisotopic (exact) mass is 237 g/mol. The van der Waals surface area contributed by atoms with E-state index in [-0.39, 0.29) is 0 Å². The first-order valence-corrected chi connectivity index (χ1v) is 3.55. The average Bonchev–Trinajstić information content (AvgIpc) is 1.85. The van der Waals surface area contributed by atoms with Crippen molar-refractivity contribution in [1.29, 1.82) is 0 Å². The van der Waals surface area contributed by atoms with Crippen LogP contribution in [-0.4, -0.2) is 0 Å². The van der Waals surface area contributed by atoms with Gasteiger partial charge in [-0.15, -0.1) is 0 Å². The highest BCUT2D eigenvalue weighted by molar-refractivity contribution is 9.13.